The molecule has 2 aromatic heterocycles. The van der Waals surface area contributed by atoms with Crippen LogP contribution in [-0.4, -0.2) is 18.3 Å². The lowest BCUT2D eigenvalue weighted by Gasteiger charge is -2.08. The second-order valence-corrected chi connectivity index (χ2v) is 5.44. The minimum absolute atomic E-state index is 0.319. The average Bonchev–Trinajstić information content (AvgIpc) is 2.54. The third kappa shape index (κ3) is 3.77. The summed E-state index contributed by atoms with van der Waals surface area (Å²) < 4.78 is 5.15. The van der Waals surface area contributed by atoms with Gasteiger partial charge in [0, 0.05) is 51.7 Å². The van der Waals surface area contributed by atoms with Gasteiger partial charge in [-0.05, 0) is 19.3 Å². The fourth-order valence-electron chi connectivity index (χ4n) is 2.31. The van der Waals surface area contributed by atoms with Gasteiger partial charge in [-0.15, -0.1) is 0 Å². The van der Waals surface area contributed by atoms with Gasteiger partial charge in [-0.3, -0.25) is 18.7 Å². The van der Waals surface area contributed by atoms with Crippen molar-refractivity contribution in [3.05, 3.63) is 66.2 Å². The van der Waals surface area contributed by atoms with Crippen LogP contribution in [0.25, 0.3) is 0 Å². The maximum atomic E-state index is 11.8. The van der Waals surface area contributed by atoms with Gasteiger partial charge in [-0.2, -0.15) is 0 Å². The average molecular weight is 320 g/mol. The summed E-state index contributed by atoms with van der Waals surface area (Å²) in [6, 6.07) is 2.73. The monoisotopic (exact) mass is 320 g/mol. The van der Waals surface area contributed by atoms with Gasteiger partial charge in [-0.25, -0.2) is 9.59 Å². The number of hydrogen-bond donors (Lipinski definition) is 0. The topological polar surface area (TPSA) is 88.0 Å². The summed E-state index contributed by atoms with van der Waals surface area (Å²) >= 11 is 0. The van der Waals surface area contributed by atoms with E-state index >= 15 is 0 Å². The van der Waals surface area contributed by atoms with E-state index in [0.29, 0.717) is 13.1 Å². The summed E-state index contributed by atoms with van der Waals surface area (Å²) in [5.74, 6) is 0. The van der Waals surface area contributed by atoms with Crippen LogP contribution in [0.5, 0.6) is 0 Å². The highest BCUT2D eigenvalue weighted by molar-refractivity contribution is 4.86. The van der Waals surface area contributed by atoms with Crippen LogP contribution in [-0.2, 0) is 27.2 Å². The first kappa shape index (κ1) is 16.7. The lowest BCUT2D eigenvalue weighted by atomic mass is 10.2. The first-order chi connectivity index (χ1) is 10.9. The van der Waals surface area contributed by atoms with Crippen molar-refractivity contribution in [1.82, 2.24) is 18.3 Å². The van der Waals surface area contributed by atoms with Crippen molar-refractivity contribution in [1.29, 1.82) is 0 Å². The zero-order chi connectivity index (χ0) is 17.0. The lowest BCUT2D eigenvalue weighted by Crippen LogP contribution is -2.37. The van der Waals surface area contributed by atoms with Crippen molar-refractivity contribution in [2.45, 2.75) is 32.4 Å². The molecule has 124 valence electrons. The Morgan fingerprint density at radius 2 is 1.09 bits per heavy atom. The highest BCUT2D eigenvalue weighted by atomic mass is 16.2. The molecular formula is C15H20N4O4. The molecule has 0 aliphatic rings. The van der Waals surface area contributed by atoms with E-state index < -0.39 is 0 Å². The molecule has 2 aromatic rings. The van der Waals surface area contributed by atoms with E-state index in [1.165, 1.54) is 47.8 Å². The van der Waals surface area contributed by atoms with Gasteiger partial charge in [0.25, 0.3) is 11.1 Å². The summed E-state index contributed by atoms with van der Waals surface area (Å²) in [5, 5.41) is 0. The van der Waals surface area contributed by atoms with Crippen molar-refractivity contribution in [3.63, 3.8) is 0 Å². The van der Waals surface area contributed by atoms with Gasteiger partial charge >= 0.3 is 11.4 Å². The first-order valence-electron chi connectivity index (χ1n) is 7.45. The maximum Gasteiger partial charge on any atom is 0.330 e. The molecular weight excluding hydrogens is 300 g/mol. The molecule has 0 bridgehead atoms. The van der Waals surface area contributed by atoms with Crippen LogP contribution in [0.3, 0.4) is 0 Å². The van der Waals surface area contributed by atoms with Gasteiger partial charge in [0.1, 0.15) is 0 Å². The molecule has 0 N–H and O–H groups in total. The highest BCUT2D eigenvalue weighted by Crippen LogP contribution is 1.99. The van der Waals surface area contributed by atoms with E-state index in [1.54, 1.807) is 0 Å². The Kier molecular flexibility index (Phi) is 5.15. The normalized spacial score (nSPS) is 10.9. The van der Waals surface area contributed by atoms with Crippen LogP contribution in [0.15, 0.2) is 43.7 Å². The predicted molar refractivity (Wildman–Crippen MR) is 85.7 cm³/mol. The van der Waals surface area contributed by atoms with Crippen LogP contribution in [0.2, 0.25) is 0 Å². The second-order valence-electron chi connectivity index (χ2n) is 5.44. The number of hydrogen-bond acceptors (Lipinski definition) is 4. The van der Waals surface area contributed by atoms with Crippen molar-refractivity contribution < 1.29 is 0 Å². The fourth-order valence-corrected chi connectivity index (χ4v) is 2.31. The molecule has 0 spiro atoms. The van der Waals surface area contributed by atoms with Gasteiger partial charge in [-0.1, -0.05) is 0 Å². The van der Waals surface area contributed by atoms with Crippen LogP contribution in [0, 0.1) is 0 Å². The van der Waals surface area contributed by atoms with Gasteiger partial charge in [0.15, 0.2) is 0 Å². The summed E-state index contributed by atoms with van der Waals surface area (Å²) in [5.41, 5.74) is -1.29. The molecule has 0 saturated heterocycles. The Balaban J connectivity index is 1.88. The zero-order valence-electron chi connectivity index (χ0n) is 13.3. The molecule has 0 aliphatic heterocycles. The predicted octanol–water partition coefficient (Wildman–Crippen LogP) is -0.722. The molecule has 0 aromatic carbocycles. The van der Waals surface area contributed by atoms with Crippen LogP contribution >= 0.6 is 0 Å². The van der Waals surface area contributed by atoms with E-state index in [-0.39, 0.29) is 22.5 Å². The Hall–Kier alpha value is -2.64. The summed E-state index contributed by atoms with van der Waals surface area (Å²) in [6.07, 6.45) is 5.35. The molecule has 8 nitrogen and oxygen atoms in total. The molecule has 8 heteroatoms. The zero-order valence-corrected chi connectivity index (χ0v) is 13.3. The molecule has 0 fully saturated rings. The molecule has 0 unspecified atom stereocenters. The van der Waals surface area contributed by atoms with Gasteiger partial charge in [0.2, 0.25) is 0 Å². The Morgan fingerprint density at radius 1 is 0.696 bits per heavy atom. The molecule has 0 amide bonds. The summed E-state index contributed by atoms with van der Waals surface area (Å²) in [7, 11) is 2.90. The molecule has 0 radical (unpaired) electrons. The van der Waals surface area contributed by atoms with E-state index in [1.807, 2.05) is 0 Å². The Bertz CT molecular complexity index is 841. The van der Waals surface area contributed by atoms with Crippen molar-refractivity contribution in [2.75, 3.05) is 0 Å². The van der Waals surface area contributed by atoms with Crippen LogP contribution in [0.4, 0.5) is 0 Å². The van der Waals surface area contributed by atoms with E-state index in [4.69, 9.17) is 0 Å². The molecule has 0 aliphatic carbocycles. The van der Waals surface area contributed by atoms with Crippen molar-refractivity contribution in [3.8, 4) is 0 Å². The minimum Gasteiger partial charge on any atom is -0.300 e. The number of nitrogens with zero attached hydrogens (tertiary/aromatic N) is 4. The maximum absolute atomic E-state index is 11.8. The van der Waals surface area contributed by atoms with Crippen LogP contribution in [0.1, 0.15) is 19.3 Å². The van der Waals surface area contributed by atoms with Gasteiger partial charge < -0.3 is 9.13 Å². The fraction of sp³-hybridized carbons (Fsp3) is 0.467. The van der Waals surface area contributed by atoms with E-state index in [9.17, 15) is 19.2 Å². The second kappa shape index (κ2) is 7.08. The first-order valence-corrected chi connectivity index (χ1v) is 7.45. The summed E-state index contributed by atoms with van der Waals surface area (Å²) in [4.78, 5) is 46.3. The van der Waals surface area contributed by atoms with Crippen molar-refractivity contribution in [2.24, 2.45) is 14.1 Å². The number of aryl methyl sites for hydroxylation is 2. The van der Waals surface area contributed by atoms with Gasteiger partial charge in [0.05, 0.1) is 0 Å². The standard InChI is InChI=1S/C15H20N4O4/c1-16-12(20)6-10-18(14(16)22)8-4-3-5-9-19-11-7-13(21)17(2)15(19)23/h6-7,10-11H,3-5,8-9H2,1-2H3. The summed E-state index contributed by atoms with van der Waals surface area (Å²) in [6.45, 7) is 1.05. The largest absolute Gasteiger partial charge is 0.330 e. The quantitative estimate of drug-likeness (QED) is 0.657. The van der Waals surface area contributed by atoms with Crippen LogP contribution < -0.4 is 22.5 Å². The van der Waals surface area contributed by atoms with Crippen molar-refractivity contribution >= 4 is 0 Å². The molecule has 0 atom stereocenters. The van der Waals surface area contributed by atoms with E-state index in [0.717, 1.165) is 28.4 Å². The Labute approximate surface area is 131 Å². The number of rotatable bonds is 6. The Morgan fingerprint density at radius 3 is 1.48 bits per heavy atom. The molecule has 23 heavy (non-hydrogen) atoms. The molecule has 2 heterocycles. The minimum atomic E-state index is -0.327. The van der Waals surface area contributed by atoms with E-state index in [2.05, 4.69) is 0 Å². The number of aromatic nitrogens is 4. The smallest absolute Gasteiger partial charge is 0.300 e. The third-order valence-electron chi connectivity index (χ3n) is 3.82. The molecule has 2 rings (SSSR count). The third-order valence-corrected chi connectivity index (χ3v) is 3.82. The number of unbranched alkanes of at least 4 members (excludes halogenated alkanes) is 2. The SMILES string of the molecule is Cn1c(=O)ccn(CCCCCn2ccc(=O)n(C)c2=O)c1=O. The lowest BCUT2D eigenvalue weighted by molar-refractivity contribution is 0.505. The highest BCUT2D eigenvalue weighted by Gasteiger charge is 2.02. The molecule has 0 saturated carbocycles.